The number of ketones is 1. The van der Waals surface area contributed by atoms with Gasteiger partial charge in [0.2, 0.25) is 0 Å². The molecule has 20 heavy (non-hydrogen) atoms. The van der Waals surface area contributed by atoms with Crippen LogP contribution in [0.3, 0.4) is 0 Å². The lowest BCUT2D eigenvalue weighted by Crippen LogP contribution is -2.67. The standard InChI is InChI=1S/C15H28O4Si/c1-10-8-11(16)13-12(18-10)9-17-20(19-13,14(2,3)4)15(5,6)7/h10,12-13H,8-9H2,1-7H3/t10-,12-,13+/m1/s1. The van der Waals surface area contributed by atoms with Crippen LogP contribution in [-0.2, 0) is 18.4 Å². The Labute approximate surface area is 123 Å². The molecule has 5 heteroatoms. The molecule has 0 amide bonds. The zero-order valence-electron chi connectivity index (χ0n) is 13.8. The maximum Gasteiger partial charge on any atom is 0.350 e. The third-order valence-electron chi connectivity index (χ3n) is 4.27. The van der Waals surface area contributed by atoms with E-state index >= 15 is 0 Å². The minimum absolute atomic E-state index is 0.0330. The van der Waals surface area contributed by atoms with E-state index in [-0.39, 0.29) is 28.1 Å². The molecule has 0 unspecified atom stereocenters. The molecule has 2 aliphatic heterocycles. The Morgan fingerprint density at radius 3 is 2.15 bits per heavy atom. The Morgan fingerprint density at radius 2 is 1.65 bits per heavy atom. The van der Waals surface area contributed by atoms with Gasteiger partial charge in [0, 0.05) is 16.5 Å². The van der Waals surface area contributed by atoms with E-state index < -0.39 is 14.7 Å². The minimum atomic E-state index is -2.56. The predicted molar refractivity (Wildman–Crippen MR) is 80.0 cm³/mol. The third kappa shape index (κ3) is 2.49. The molecule has 0 aliphatic carbocycles. The summed E-state index contributed by atoms with van der Waals surface area (Å²) < 4.78 is 18.5. The summed E-state index contributed by atoms with van der Waals surface area (Å²) in [5, 5.41) is -0.195. The first-order chi connectivity index (χ1) is 8.98. The van der Waals surface area contributed by atoms with Crippen LogP contribution in [0.5, 0.6) is 0 Å². The first-order valence-corrected chi connectivity index (χ1v) is 9.29. The van der Waals surface area contributed by atoms with Crippen LogP contribution < -0.4 is 0 Å². The number of ether oxygens (including phenoxy) is 1. The third-order valence-corrected chi connectivity index (χ3v) is 9.38. The Kier molecular flexibility index (Phi) is 3.96. The van der Waals surface area contributed by atoms with E-state index in [1.807, 2.05) is 6.92 Å². The van der Waals surface area contributed by atoms with Gasteiger partial charge in [-0.1, -0.05) is 41.5 Å². The Hall–Kier alpha value is -0.233. The molecule has 2 fully saturated rings. The van der Waals surface area contributed by atoms with Crippen LogP contribution >= 0.6 is 0 Å². The van der Waals surface area contributed by atoms with Gasteiger partial charge in [-0.05, 0) is 6.92 Å². The highest BCUT2D eigenvalue weighted by Gasteiger charge is 2.63. The van der Waals surface area contributed by atoms with Crippen molar-refractivity contribution in [3.63, 3.8) is 0 Å². The minimum Gasteiger partial charge on any atom is -0.391 e. The number of Topliss-reactive ketones (excluding diaryl/α,β-unsaturated/α-hetero) is 1. The van der Waals surface area contributed by atoms with Crippen molar-refractivity contribution < 1.29 is 18.4 Å². The number of carbonyl (C=O) groups excluding carboxylic acids is 1. The van der Waals surface area contributed by atoms with E-state index in [1.54, 1.807) is 0 Å². The second-order valence-corrected chi connectivity index (χ2v) is 12.9. The number of hydrogen-bond acceptors (Lipinski definition) is 4. The van der Waals surface area contributed by atoms with Crippen molar-refractivity contribution in [2.75, 3.05) is 6.61 Å². The largest absolute Gasteiger partial charge is 0.391 e. The first kappa shape index (κ1) is 16.1. The summed E-state index contributed by atoms with van der Waals surface area (Å²) in [6, 6.07) is 0. The van der Waals surface area contributed by atoms with Crippen molar-refractivity contribution >= 4 is 14.3 Å². The summed E-state index contributed by atoms with van der Waals surface area (Å²) >= 11 is 0. The molecule has 2 rings (SSSR count). The van der Waals surface area contributed by atoms with Crippen molar-refractivity contribution in [1.82, 2.24) is 0 Å². The zero-order valence-corrected chi connectivity index (χ0v) is 14.8. The lowest BCUT2D eigenvalue weighted by Gasteiger charge is -2.55. The topological polar surface area (TPSA) is 44.8 Å². The smallest absolute Gasteiger partial charge is 0.350 e. The van der Waals surface area contributed by atoms with Crippen molar-refractivity contribution in [3.8, 4) is 0 Å². The lowest BCUT2D eigenvalue weighted by atomic mass is 10.0. The number of rotatable bonds is 0. The molecule has 0 spiro atoms. The molecular weight excluding hydrogens is 272 g/mol. The summed E-state index contributed by atoms with van der Waals surface area (Å²) in [5.41, 5.74) is 0. The van der Waals surface area contributed by atoms with Crippen molar-refractivity contribution in [2.45, 2.75) is 83.3 Å². The van der Waals surface area contributed by atoms with Crippen LogP contribution in [0.4, 0.5) is 0 Å². The Morgan fingerprint density at radius 1 is 1.10 bits per heavy atom. The monoisotopic (exact) mass is 300 g/mol. The van der Waals surface area contributed by atoms with Crippen molar-refractivity contribution in [3.05, 3.63) is 0 Å². The molecule has 0 aromatic rings. The summed E-state index contributed by atoms with van der Waals surface area (Å²) in [7, 11) is -2.56. The van der Waals surface area contributed by atoms with E-state index in [2.05, 4.69) is 41.5 Å². The molecule has 3 atom stereocenters. The van der Waals surface area contributed by atoms with E-state index in [4.69, 9.17) is 13.6 Å². The molecule has 116 valence electrons. The summed E-state index contributed by atoms with van der Waals surface area (Å²) in [4.78, 5) is 12.3. The van der Waals surface area contributed by atoms with Crippen LogP contribution in [0, 0.1) is 0 Å². The predicted octanol–water partition coefficient (Wildman–Crippen LogP) is 3.19. The maximum absolute atomic E-state index is 12.3. The molecule has 2 aliphatic rings. The summed E-state index contributed by atoms with van der Waals surface area (Å²) in [5.74, 6) is 0.169. The van der Waals surface area contributed by atoms with Gasteiger partial charge in [0.1, 0.15) is 12.2 Å². The summed E-state index contributed by atoms with van der Waals surface area (Å²) in [6.45, 7) is 15.3. The molecule has 2 saturated heterocycles. The van der Waals surface area contributed by atoms with E-state index in [9.17, 15) is 4.79 Å². The van der Waals surface area contributed by atoms with Crippen molar-refractivity contribution in [2.24, 2.45) is 0 Å². The fraction of sp³-hybridized carbons (Fsp3) is 0.933. The van der Waals surface area contributed by atoms with Crippen LogP contribution in [0.1, 0.15) is 54.9 Å². The van der Waals surface area contributed by atoms with Crippen molar-refractivity contribution in [1.29, 1.82) is 0 Å². The molecule has 0 bridgehead atoms. The van der Waals surface area contributed by atoms with Gasteiger partial charge in [0.05, 0.1) is 12.7 Å². The summed E-state index contributed by atoms with van der Waals surface area (Å²) in [6.07, 6.45) is -0.268. The molecule has 0 N–H and O–H groups in total. The molecule has 4 nitrogen and oxygen atoms in total. The molecule has 0 aromatic carbocycles. The van der Waals surface area contributed by atoms with Crippen LogP contribution in [-0.4, -0.2) is 39.3 Å². The fourth-order valence-electron chi connectivity index (χ4n) is 3.62. The average Bonchev–Trinajstić information content (AvgIpc) is 2.25. The normalized spacial score (nSPS) is 34.8. The quantitative estimate of drug-likeness (QED) is 0.645. The van der Waals surface area contributed by atoms with Gasteiger partial charge in [-0.3, -0.25) is 4.79 Å². The zero-order chi connectivity index (χ0) is 15.3. The van der Waals surface area contributed by atoms with Crippen LogP contribution in [0.2, 0.25) is 10.1 Å². The lowest BCUT2D eigenvalue weighted by molar-refractivity contribution is -0.173. The van der Waals surface area contributed by atoms with E-state index in [1.165, 1.54) is 0 Å². The highest BCUT2D eigenvalue weighted by Crippen LogP contribution is 2.54. The SMILES string of the molecule is C[C@@H]1CC(=O)[C@@H]2O[Si](C(C)(C)C)(C(C)(C)C)OC[C@H]2O1. The van der Waals surface area contributed by atoms with Crippen LogP contribution in [0.25, 0.3) is 0 Å². The van der Waals surface area contributed by atoms with Gasteiger partial charge in [-0.2, -0.15) is 0 Å². The fourth-order valence-corrected chi connectivity index (χ4v) is 8.55. The molecule has 0 radical (unpaired) electrons. The van der Waals surface area contributed by atoms with Gasteiger partial charge in [-0.15, -0.1) is 0 Å². The first-order valence-electron chi connectivity index (χ1n) is 7.48. The molecule has 2 heterocycles. The Bertz CT molecular complexity index is 380. The highest BCUT2D eigenvalue weighted by molar-refractivity contribution is 6.73. The van der Waals surface area contributed by atoms with E-state index in [0.29, 0.717) is 13.0 Å². The van der Waals surface area contributed by atoms with Gasteiger partial charge in [0.15, 0.2) is 5.78 Å². The Balaban J connectivity index is 2.33. The second kappa shape index (κ2) is 4.90. The van der Waals surface area contributed by atoms with E-state index in [0.717, 1.165) is 0 Å². The highest BCUT2D eigenvalue weighted by atomic mass is 28.4. The number of hydrogen-bond donors (Lipinski definition) is 0. The van der Waals surface area contributed by atoms with Gasteiger partial charge >= 0.3 is 8.56 Å². The number of fused-ring (bicyclic) bond motifs is 1. The van der Waals surface area contributed by atoms with Crippen LogP contribution in [0.15, 0.2) is 0 Å². The molecule has 0 aromatic heterocycles. The van der Waals surface area contributed by atoms with Gasteiger partial charge in [-0.25, -0.2) is 0 Å². The molecule has 0 saturated carbocycles. The van der Waals surface area contributed by atoms with Gasteiger partial charge in [0.25, 0.3) is 0 Å². The number of carbonyl (C=O) groups is 1. The van der Waals surface area contributed by atoms with Gasteiger partial charge < -0.3 is 13.6 Å². The average molecular weight is 300 g/mol. The second-order valence-electron chi connectivity index (χ2n) is 8.12. The maximum atomic E-state index is 12.3. The molecular formula is C15H28O4Si.